The Bertz CT molecular complexity index is 439. The van der Waals surface area contributed by atoms with Gasteiger partial charge in [-0.25, -0.2) is 9.59 Å². The van der Waals surface area contributed by atoms with Crippen molar-refractivity contribution in [3.63, 3.8) is 0 Å². The maximum absolute atomic E-state index is 11.7. The van der Waals surface area contributed by atoms with E-state index in [4.69, 9.17) is 4.74 Å². The molecule has 1 aromatic rings. The average Bonchev–Trinajstić information content (AvgIpc) is 2.63. The third-order valence-corrected chi connectivity index (χ3v) is 3.42. The number of anilines is 1. The molecule has 1 N–H and O–H groups in total. The van der Waals surface area contributed by atoms with Crippen LogP contribution in [0.25, 0.3) is 0 Å². The molecule has 0 bridgehead atoms. The Balaban J connectivity index is 3.20. The summed E-state index contributed by atoms with van der Waals surface area (Å²) in [5, 5.41) is 3.00. The summed E-state index contributed by atoms with van der Waals surface area (Å²) in [5.74, 6) is -0.447. The first-order valence-corrected chi connectivity index (χ1v) is 5.92. The monoisotopic (exact) mass is 257 g/mol. The zero-order valence-electron chi connectivity index (χ0n) is 10.2. The molecule has 1 rings (SSSR count). The number of hydrogen-bond acceptors (Lipinski definition) is 5. The van der Waals surface area contributed by atoms with Crippen LogP contribution in [0.4, 0.5) is 9.80 Å². The molecular weight excluding hydrogens is 242 g/mol. The fourth-order valence-corrected chi connectivity index (χ4v) is 2.67. The summed E-state index contributed by atoms with van der Waals surface area (Å²) < 4.78 is 9.23. The highest BCUT2D eigenvalue weighted by Gasteiger charge is 2.22. The summed E-state index contributed by atoms with van der Waals surface area (Å²) in [6.45, 7) is 3.85. The first-order valence-electron chi connectivity index (χ1n) is 5.10. The van der Waals surface area contributed by atoms with Crippen LogP contribution in [0, 0.1) is 6.92 Å². The van der Waals surface area contributed by atoms with Crippen LogP contribution in [-0.2, 0) is 15.9 Å². The Labute approximate surface area is 104 Å². The number of rotatable bonds is 3. The molecular formula is C11H15NO4S. The molecule has 17 heavy (non-hydrogen) atoms. The fourth-order valence-electron chi connectivity index (χ4n) is 1.55. The number of carbonyl (C=O) groups is 2. The summed E-state index contributed by atoms with van der Waals surface area (Å²) in [6.07, 6.45) is 0.106. The molecule has 0 aliphatic carbocycles. The van der Waals surface area contributed by atoms with Crippen molar-refractivity contribution in [1.29, 1.82) is 0 Å². The molecule has 0 unspecified atom stereocenters. The Morgan fingerprint density at radius 1 is 1.29 bits per heavy atom. The standard InChI is InChI=1S/C11H15NO4S/c1-5-7-6(2)17-9(12-11(14)16-4)8(7)10(13)15-3/h5H2,1-4H3,(H,12,14). The number of aryl methyl sites for hydroxylation is 1. The molecule has 5 nitrogen and oxygen atoms in total. The van der Waals surface area contributed by atoms with Gasteiger partial charge in [0.1, 0.15) is 5.00 Å². The van der Waals surface area contributed by atoms with Crippen LogP contribution in [0.3, 0.4) is 0 Å². The Hall–Kier alpha value is -1.56. The molecule has 6 heteroatoms. The molecule has 0 saturated heterocycles. The Morgan fingerprint density at radius 3 is 2.41 bits per heavy atom. The molecule has 0 fully saturated rings. The summed E-state index contributed by atoms with van der Waals surface area (Å²) in [7, 11) is 2.59. The van der Waals surface area contributed by atoms with Gasteiger partial charge in [-0.05, 0) is 18.9 Å². The van der Waals surface area contributed by atoms with Crippen molar-refractivity contribution in [3.8, 4) is 0 Å². The van der Waals surface area contributed by atoms with E-state index >= 15 is 0 Å². The maximum Gasteiger partial charge on any atom is 0.411 e. The van der Waals surface area contributed by atoms with Gasteiger partial charge in [0.05, 0.1) is 19.8 Å². The van der Waals surface area contributed by atoms with Gasteiger partial charge in [0, 0.05) is 4.88 Å². The molecule has 0 atom stereocenters. The number of esters is 1. The zero-order chi connectivity index (χ0) is 13.0. The first kappa shape index (κ1) is 13.5. The number of methoxy groups -OCH3 is 2. The van der Waals surface area contributed by atoms with Gasteiger partial charge >= 0.3 is 12.1 Å². The second kappa shape index (κ2) is 5.67. The number of amides is 1. The number of nitrogens with one attached hydrogen (secondary N) is 1. The van der Waals surface area contributed by atoms with Crippen LogP contribution in [0.5, 0.6) is 0 Å². The van der Waals surface area contributed by atoms with Crippen LogP contribution >= 0.6 is 11.3 Å². The van der Waals surface area contributed by atoms with Crippen molar-refractivity contribution in [2.24, 2.45) is 0 Å². The second-order valence-electron chi connectivity index (χ2n) is 3.30. The van der Waals surface area contributed by atoms with Crippen molar-refractivity contribution in [2.45, 2.75) is 20.3 Å². The van der Waals surface area contributed by atoms with Crippen molar-refractivity contribution in [2.75, 3.05) is 19.5 Å². The molecule has 0 radical (unpaired) electrons. The molecule has 0 saturated carbocycles. The van der Waals surface area contributed by atoms with Gasteiger partial charge in [-0.2, -0.15) is 0 Å². The number of carbonyl (C=O) groups excluding carboxylic acids is 2. The van der Waals surface area contributed by atoms with E-state index in [2.05, 4.69) is 10.1 Å². The highest BCUT2D eigenvalue weighted by atomic mass is 32.1. The number of hydrogen-bond donors (Lipinski definition) is 1. The smallest absolute Gasteiger partial charge is 0.411 e. The molecule has 0 aromatic carbocycles. The summed E-state index contributed by atoms with van der Waals surface area (Å²) in [5.41, 5.74) is 1.32. The van der Waals surface area contributed by atoms with Crippen LogP contribution in [0.2, 0.25) is 0 Å². The third kappa shape index (κ3) is 2.76. The number of thiophene rings is 1. The summed E-state index contributed by atoms with van der Waals surface area (Å²) in [6, 6.07) is 0. The van der Waals surface area contributed by atoms with Gasteiger partial charge in [-0.3, -0.25) is 5.32 Å². The van der Waals surface area contributed by atoms with Gasteiger partial charge in [-0.15, -0.1) is 11.3 Å². The molecule has 0 aliphatic heterocycles. The van der Waals surface area contributed by atoms with Crippen molar-refractivity contribution >= 4 is 28.4 Å². The van der Waals surface area contributed by atoms with Gasteiger partial charge in [0.25, 0.3) is 0 Å². The minimum atomic E-state index is -0.598. The Kier molecular flexibility index (Phi) is 4.51. The van der Waals surface area contributed by atoms with Gasteiger partial charge in [-0.1, -0.05) is 6.92 Å². The van der Waals surface area contributed by atoms with E-state index in [1.54, 1.807) is 0 Å². The van der Waals surface area contributed by atoms with Crippen LogP contribution in [0.15, 0.2) is 0 Å². The SMILES string of the molecule is CCc1c(C)sc(NC(=O)OC)c1C(=O)OC. The van der Waals surface area contributed by atoms with Crippen LogP contribution < -0.4 is 5.32 Å². The summed E-state index contributed by atoms with van der Waals surface area (Å²) >= 11 is 1.34. The van der Waals surface area contributed by atoms with E-state index in [9.17, 15) is 9.59 Å². The number of ether oxygens (including phenoxy) is 2. The highest BCUT2D eigenvalue weighted by molar-refractivity contribution is 7.16. The van der Waals surface area contributed by atoms with Crippen molar-refractivity contribution in [1.82, 2.24) is 0 Å². The lowest BCUT2D eigenvalue weighted by atomic mass is 10.1. The van der Waals surface area contributed by atoms with Gasteiger partial charge in [0.2, 0.25) is 0 Å². The highest BCUT2D eigenvalue weighted by Crippen LogP contribution is 2.33. The second-order valence-corrected chi connectivity index (χ2v) is 4.53. The van der Waals surface area contributed by atoms with E-state index in [-0.39, 0.29) is 0 Å². The lowest BCUT2D eigenvalue weighted by Crippen LogP contribution is -2.14. The first-order chi connectivity index (χ1) is 8.04. The third-order valence-electron chi connectivity index (χ3n) is 2.35. The Morgan fingerprint density at radius 2 is 1.94 bits per heavy atom. The molecule has 1 aromatic heterocycles. The van der Waals surface area contributed by atoms with E-state index in [0.29, 0.717) is 17.0 Å². The lowest BCUT2D eigenvalue weighted by Gasteiger charge is -2.05. The zero-order valence-corrected chi connectivity index (χ0v) is 11.1. The van der Waals surface area contributed by atoms with Crippen LogP contribution in [0.1, 0.15) is 27.7 Å². The molecule has 1 heterocycles. The van der Waals surface area contributed by atoms with E-state index < -0.39 is 12.1 Å². The van der Waals surface area contributed by atoms with Crippen molar-refractivity contribution < 1.29 is 19.1 Å². The normalized spacial score (nSPS) is 9.88. The molecule has 94 valence electrons. The summed E-state index contributed by atoms with van der Waals surface area (Å²) in [4.78, 5) is 23.8. The maximum atomic E-state index is 11.7. The predicted octanol–water partition coefficient (Wildman–Crippen LogP) is 2.58. The quantitative estimate of drug-likeness (QED) is 0.845. The minimum Gasteiger partial charge on any atom is -0.465 e. The molecule has 1 amide bonds. The van der Waals surface area contributed by atoms with E-state index in [0.717, 1.165) is 10.4 Å². The predicted molar refractivity (Wildman–Crippen MR) is 65.8 cm³/mol. The largest absolute Gasteiger partial charge is 0.465 e. The van der Waals surface area contributed by atoms with Crippen molar-refractivity contribution in [3.05, 3.63) is 16.0 Å². The van der Waals surface area contributed by atoms with E-state index in [1.165, 1.54) is 25.6 Å². The lowest BCUT2D eigenvalue weighted by molar-refractivity contribution is 0.0601. The average molecular weight is 257 g/mol. The van der Waals surface area contributed by atoms with Gasteiger partial charge < -0.3 is 9.47 Å². The molecule has 0 aliphatic rings. The fraction of sp³-hybridized carbons (Fsp3) is 0.455. The van der Waals surface area contributed by atoms with Crippen LogP contribution in [-0.4, -0.2) is 26.3 Å². The van der Waals surface area contributed by atoms with E-state index in [1.807, 2.05) is 13.8 Å². The molecule has 0 spiro atoms. The topological polar surface area (TPSA) is 64.6 Å². The minimum absolute atomic E-state index is 0.419. The van der Waals surface area contributed by atoms with Gasteiger partial charge in [0.15, 0.2) is 0 Å².